The summed E-state index contributed by atoms with van der Waals surface area (Å²) in [7, 11) is 1.62. The van der Waals surface area contributed by atoms with E-state index >= 15 is 0 Å². The fraction of sp³-hybridized carbons (Fsp3) is 0.286. The Balaban J connectivity index is 1.66. The summed E-state index contributed by atoms with van der Waals surface area (Å²) >= 11 is 0. The molecule has 0 aromatic heterocycles. The smallest absolute Gasteiger partial charge is 0.326 e. The highest BCUT2D eigenvalue weighted by atomic mass is 16.5. The van der Waals surface area contributed by atoms with Gasteiger partial charge in [-0.25, -0.2) is 0 Å². The van der Waals surface area contributed by atoms with Crippen LogP contribution in [0.2, 0.25) is 0 Å². The summed E-state index contributed by atoms with van der Waals surface area (Å²) < 4.78 is 10.9. The number of nitrogens with zero attached hydrogens (tertiary/aromatic N) is 2. The van der Waals surface area contributed by atoms with Gasteiger partial charge >= 0.3 is 5.97 Å². The number of likely N-dealkylation sites (N-methyl/N-ethyl adjacent to an activating group) is 1. The summed E-state index contributed by atoms with van der Waals surface area (Å²) in [6, 6.07) is 16.1. The number of hydrogen-bond acceptors (Lipinski definition) is 5. The third-order valence-electron chi connectivity index (χ3n) is 4.45. The van der Waals surface area contributed by atoms with Crippen molar-refractivity contribution in [2.75, 3.05) is 30.0 Å². The molecule has 7 nitrogen and oxygen atoms in total. The van der Waals surface area contributed by atoms with E-state index in [1.807, 2.05) is 18.2 Å². The summed E-state index contributed by atoms with van der Waals surface area (Å²) in [5.74, 6) is -0.714. The van der Waals surface area contributed by atoms with Gasteiger partial charge in [0.25, 0.3) is 5.91 Å². The summed E-state index contributed by atoms with van der Waals surface area (Å²) in [5.41, 5.74) is 1.21. The zero-order valence-corrected chi connectivity index (χ0v) is 15.8. The second kappa shape index (κ2) is 8.56. The normalized spacial score (nSPS) is 14.4. The van der Waals surface area contributed by atoms with Gasteiger partial charge in [0.15, 0.2) is 6.10 Å². The molecule has 0 saturated carbocycles. The summed E-state index contributed by atoms with van der Waals surface area (Å²) in [6.45, 7) is 1.48. The maximum Gasteiger partial charge on any atom is 0.326 e. The van der Waals surface area contributed by atoms with Crippen LogP contribution in [0.25, 0.3) is 0 Å². The lowest BCUT2D eigenvalue weighted by atomic mass is 10.2. The van der Waals surface area contributed by atoms with Gasteiger partial charge in [0.05, 0.1) is 18.7 Å². The van der Waals surface area contributed by atoms with Crippen LogP contribution >= 0.6 is 0 Å². The topological polar surface area (TPSA) is 76.1 Å². The lowest BCUT2D eigenvalue weighted by molar-refractivity contribution is -0.152. The van der Waals surface area contributed by atoms with Crippen molar-refractivity contribution in [3.8, 4) is 5.75 Å². The van der Waals surface area contributed by atoms with Gasteiger partial charge in [-0.05, 0) is 31.2 Å². The number of amides is 2. The molecule has 0 saturated heterocycles. The molecule has 1 heterocycles. The molecular formula is C21H22N2O5. The first-order valence-corrected chi connectivity index (χ1v) is 9.01. The van der Waals surface area contributed by atoms with Crippen LogP contribution in [0.15, 0.2) is 54.6 Å². The number of carbonyl (C=O) groups is 3. The molecule has 1 aliphatic heterocycles. The Labute approximate surface area is 163 Å². The summed E-state index contributed by atoms with van der Waals surface area (Å²) in [5, 5.41) is 0. The molecule has 2 aromatic rings. The molecule has 0 fully saturated rings. The van der Waals surface area contributed by atoms with Crippen molar-refractivity contribution in [3.05, 3.63) is 54.6 Å². The lowest BCUT2D eigenvalue weighted by Gasteiger charge is -2.24. The number of benzene rings is 2. The van der Waals surface area contributed by atoms with E-state index < -0.39 is 12.1 Å². The average molecular weight is 382 g/mol. The molecule has 0 unspecified atom stereocenters. The predicted octanol–water partition coefficient (Wildman–Crippen LogP) is 2.40. The van der Waals surface area contributed by atoms with Crippen molar-refractivity contribution in [3.63, 3.8) is 0 Å². The molecule has 3 rings (SSSR count). The van der Waals surface area contributed by atoms with Crippen molar-refractivity contribution in [1.82, 2.24) is 0 Å². The average Bonchev–Trinajstić information content (AvgIpc) is 2.86. The van der Waals surface area contributed by atoms with E-state index in [-0.39, 0.29) is 31.4 Å². The third-order valence-corrected chi connectivity index (χ3v) is 4.45. The van der Waals surface area contributed by atoms with Crippen molar-refractivity contribution in [2.24, 2.45) is 0 Å². The fourth-order valence-corrected chi connectivity index (χ4v) is 2.96. The molecule has 2 amide bonds. The molecule has 1 atom stereocenters. The number of carbonyl (C=O) groups excluding carboxylic acids is 3. The molecule has 146 valence electrons. The van der Waals surface area contributed by atoms with Crippen LogP contribution < -0.4 is 14.5 Å². The quantitative estimate of drug-likeness (QED) is 0.742. The van der Waals surface area contributed by atoms with E-state index in [2.05, 4.69) is 0 Å². The Morgan fingerprint density at radius 3 is 2.57 bits per heavy atom. The minimum Gasteiger partial charge on any atom is -0.491 e. The number of anilines is 2. The molecule has 0 spiro atoms. The van der Waals surface area contributed by atoms with Gasteiger partial charge < -0.3 is 14.4 Å². The Hall–Kier alpha value is -3.35. The van der Waals surface area contributed by atoms with E-state index in [9.17, 15) is 14.4 Å². The van der Waals surface area contributed by atoms with Crippen molar-refractivity contribution >= 4 is 29.2 Å². The molecule has 0 aliphatic carbocycles. The van der Waals surface area contributed by atoms with E-state index in [1.165, 1.54) is 16.7 Å². The van der Waals surface area contributed by atoms with Gasteiger partial charge in [0.2, 0.25) is 5.91 Å². The number of hydrogen-bond donors (Lipinski definition) is 0. The van der Waals surface area contributed by atoms with Crippen LogP contribution in [0.1, 0.15) is 13.3 Å². The Kier molecular flexibility index (Phi) is 5.93. The molecule has 0 bridgehead atoms. The largest absolute Gasteiger partial charge is 0.491 e. The first-order chi connectivity index (χ1) is 13.5. The van der Waals surface area contributed by atoms with Crippen molar-refractivity contribution in [1.29, 1.82) is 0 Å². The van der Waals surface area contributed by atoms with Crippen molar-refractivity contribution < 1.29 is 23.9 Å². The maximum absolute atomic E-state index is 12.5. The van der Waals surface area contributed by atoms with Crippen LogP contribution in [-0.4, -0.2) is 44.1 Å². The second-order valence-corrected chi connectivity index (χ2v) is 6.41. The highest BCUT2D eigenvalue weighted by Gasteiger charge is 2.28. The lowest BCUT2D eigenvalue weighted by Crippen LogP contribution is -2.41. The van der Waals surface area contributed by atoms with Crippen LogP contribution in [0.5, 0.6) is 5.75 Å². The first kappa shape index (κ1) is 19.4. The second-order valence-electron chi connectivity index (χ2n) is 6.41. The first-order valence-electron chi connectivity index (χ1n) is 9.01. The van der Waals surface area contributed by atoms with Crippen LogP contribution in [0.4, 0.5) is 11.4 Å². The van der Waals surface area contributed by atoms with E-state index in [1.54, 1.807) is 43.4 Å². The fourth-order valence-electron chi connectivity index (χ4n) is 2.96. The van der Waals surface area contributed by atoms with Crippen LogP contribution in [0.3, 0.4) is 0 Å². The molecule has 7 heteroatoms. The standard InChI is InChI=1S/C21H22N2O5/c1-15(21(26)22(2)16-8-4-3-5-9-16)28-20(25)14-23-17-10-6-7-11-18(17)27-13-12-19(23)24/h3-11,15H,12-14H2,1-2H3/t15-/m1/s1. The molecular weight excluding hydrogens is 360 g/mol. The number of fused-ring (bicyclic) bond motifs is 1. The van der Waals surface area contributed by atoms with Crippen molar-refractivity contribution in [2.45, 2.75) is 19.4 Å². The highest BCUT2D eigenvalue weighted by molar-refractivity contribution is 6.00. The maximum atomic E-state index is 12.5. The van der Waals surface area contributed by atoms with Gasteiger partial charge in [-0.1, -0.05) is 30.3 Å². The van der Waals surface area contributed by atoms with Crippen LogP contribution in [-0.2, 0) is 19.1 Å². The Morgan fingerprint density at radius 1 is 1.14 bits per heavy atom. The zero-order chi connectivity index (χ0) is 20.1. The SMILES string of the molecule is C[C@@H](OC(=O)CN1C(=O)CCOc2ccccc21)C(=O)N(C)c1ccccc1. The van der Waals surface area contributed by atoms with E-state index in [0.717, 1.165) is 0 Å². The van der Waals surface area contributed by atoms with Gasteiger partial charge in [0.1, 0.15) is 12.3 Å². The molecule has 28 heavy (non-hydrogen) atoms. The predicted molar refractivity (Wildman–Crippen MR) is 104 cm³/mol. The van der Waals surface area contributed by atoms with Gasteiger partial charge in [0, 0.05) is 12.7 Å². The number of esters is 1. The Morgan fingerprint density at radius 2 is 1.82 bits per heavy atom. The molecule has 2 aromatic carbocycles. The van der Waals surface area contributed by atoms with Gasteiger partial charge in [-0.15, -0.1) is 0 Å². The van der Waals surface area contributed by atoms with Gasteiger partial charge in [-0.2, -0.15) is 0 Å². The van der Waals surface area contributed by atoms with E-state index in [0.29, 0.717) is 17.1 Å². The number of ether oxygens (including phenoxy) is 2. The molecule has 1 aliphatic rings. The molecule has 0 radical (unpaired) electrons. The Bertz CT molecular complexity index is 868. The minimum absolute atomic E-state index is 0.160. The third kappa shape index (κ3) is 4.31. The van der Waals surface area contributed by atoms with E-state index in [4.69, 9.17) is 9.47 Å². The minimum atomic E-state index is -0.980. The number of rotatable bonds is 5. The monoisotopic (exact) mass is 382 g/mol. The summed E-state index contributed by atoms with van der Waals surface area (Å²) in [6.07, 6.45) is -0.820. The van der Waals surface area contributed by atoms with Crippen LogP contribution in [0, 0.1) is 0 Å². The highest BCUT2D eigenvalue weighted by Crippen LogP contribution is 2.30. The summed E-state index contributed by atoms with van der Waals surface area (Å²) in [4.78, 5) is 40.1. The number of para-hydroxylation sites is 3. The van der Waals surface area contributed by atoms with Gasteiger partial charge in [-0.3, -0.25) is 19.3 Å². The zero-order valence-electron chi connectivity index (χ0n) is 15.8. The molecule has 0 N–H and O–H groups in total.